The first-order valence-electron chi connectivity index (χ1n) is 8.57. The van der Waals surface area contributed by atoms with Crippen LogP contribution in [0.5, 0.6) is 5.75 Å². The fourth-order valence-electron chi connectivity index (χ4n) is 3.48. The van der Waals surface area contributed by atoms with E-state index < -0.39 is 6.36 Å². The van der Waals surface area contributed by atoms with Gasteiger partial charge in [0.25, 0.3) is 5.91 Å². The van der Waals surface area contributed by atoms with Gasteiger partial charge in [-0.25, -0.2) is 0 Å². The van der Waals surface area contributed by atoms with Crippen LogP contribution in [0.15, 0.2) is 42.5 Å². The molecule has 0 unspecified atom stereocenters. The van der Waals surface area contributed by atoms with E-state index in [4.69, 9.17) is 0 Å². The zero-order valence-corrected chi connectivity index (χ0v) is 14.5. The van der Waals surface area contributed by atoms with Crippen LogP contribution in [-0.2, 0) is 6.54 Å². The van der Waals surface area contributed by atoms with Crippen LogP contribution in [0.4, 0.5) is 13.2 Å². The summed E-state index contributed by atoms with van der Waals surface area (Å²) in [5.41, 5.74) is 2.98. The maximum Gasteiger partial charge on any atom is 0.573 e. The minimum Gasteiger partial charge on any atom is -0.406 e. The van der Waals surface area contributed by atoms with Crippen molar-refractivity contribution in [2.45, 2.75) is 19.3 Å². The van der Waals surface area contributed by atoms with Crippen molar-refractivity contribution in [3.8, 4) is 22.9 Å². The highest BCUT2D eigenvalue weighted by atomic mass is 19.4. The Morgan fingerprint density at radius 1 is 1.14 bits per heavy atom. The van der Waals surface area contributed by atoms with Gasteiger partial charge in [-0.3, -0.25) is 4.79 Å². The van der Waals surface area contributed by atoms with Crippen molar-refractivity contribution >= 4 is 16.8 Å². The van der Waals surface area contributed by atoms with Gasteiger partial charge in [0.1, 0.15) is 11.4 Å². The van der Waals surface area contributed by atoms with E-state index in [1.807, 2.05) is 4.57 Å². The summed E-state index contributed by atoms with van der Waals surface area (Å²) in [5.74, 6) is -0.510. The molecule has 1 amide bonds. The summed E-state index contributed by atoms with van der Waals surface area (Å²) in [4.78, 5) is 12.3. The molecule has 4 rings (SSSR count). The maximum absolute atomic E-state index is 12.4. The van der Waals surface area contributed by atoms with E-state index in [1.165, 1.54) is 24.3 Å². The van der Waals surface area contributed by atoms with Crippen LogP contribution < -0.4 is 10.1 Å². The molecule has 0 spiro atoms. The van der Waals surface area contributed by atoms with Crippen molar-refractivity contribution in [1.29, 1.82) is 5.26 Å². The Kier molecular flexibility index (Phi) is 4.23. The number of hydrogen-bond acceptors (Lipinski definition) is 3. The van der Waals surface area contributed by atoms with Crippen molar-refractivity contribution in [3.63, 3.8) is 0 Å². The molecule has 8 heteroatoms. The Hall–Kier alpha value is -3.47. The van der Waals surface area contributed by atoms with Crippen molar-refractivity contribution in [3.05, 3.63) is 53.7 Å². The number of amides is 1. The summed E-state index contributed by atoms with van der Waals surface area (Å²) in [6.07, 6.45) is -4.01. The van der Waals surface area contributed by atoms with Gasteiger partial charge in [-0.2, -0.15) is 5.26 Å². The van der Waals surface area contributed by atoms with Crippen LogP contribution in [0.1, 0.15) is 22.5 Å². The molecule has 0 radical (unpaired) electrons. The van der Waals surface area contributed by atoms with Crippen molar-refractivity contribution in [2.24, 2.45) is 0 Å². The van der Waals surface area contributed by atoms with Gasteiger partial charge in [0, 0.05) is 24.0 Å². The lowest BCUT2D eigenvalue weighted by atomic mass is 10.00. The van der Waals surface area contributed by atoms with Crippen LogP contribution in [-0.4, -0.2) is 23.4 Å². The molecule has 142 valence electrons. The summed E-state index contributed by atoms with van der Waals surface area (Å²) in [6, 6.07) is 12.7. The second kappa shape index (κ2) is 6.60. The Balaban J connectivity index is 1.88. The number of nitrogens with zero attached hydrogens (tertiary/aromatic N) is 2. The first kappa shape index (κ1) is 17.9. The zero-order chi connectivity index (χ0) is 19.9. The topological polar surface area (TPSA) is 67.0 Å². The Morgan fingerprint density at radius 3 is 2.57 bits per heavy atom. The number of carbonyl (C=O) groups is 1. The van der Waals surface area contributed by atoms with Crippen LogP contribution >= 0.6 is 0 Å². The van der Waals surface area contributed by atoms with Crippen LogP contribution in [0.25, 0.3) is 22.0 Å². The standard InChI is InChI=1S/C20H14F3N3O2/c21-20(22,23)28-15-4-2-13(3-5-15)16-9-12(11-24)8-14-10-17-19(27)25-6-1-7-26(17)18(14)16/h2-5,8-10H,1,6-7H2,(H,25,27). The number of nitriles is 1. The molecule has 0 fully saturated rings. The molecule has 28 heavy (non-hydrogen) atoms. The smallest absolute Gasteiger partial charge is 0.406 e. The van der Waals surface area contributed by atoms with Crippen molar-refractivity contribution in [1.82, 2.24) is 9.88 Å². The Morgan fingerprint density at radius 2 is 1.89 bits per heavy atom. The van der Waals surface area contributed by atoms with E-state index in [1.54, 1.807) is 18.2 Å². The van der Waals surface area contributed by atoms with Crippen molar-refractivity contribution < 1.29 is 22.7 Å². The molecule has 1 aliphatic rings. The van der Waals surface area contributed by atoms with E-state index in [9.17, 15) is 23.2 Å². The third-order valence-corrected chi connectivity index (χ3v) is 4.60. The van der Waals surface area contributed by atoms with Gasteiger partial charge >= 0.3 is 6.36 Å². The lowest BCUT2D eigenvalue weighted by Gasteiger charge is -2.12. The molecule has 3 aromatic rings. The lowest BCUT2D eigenvalue weighted by molar-refractivity contribution is -0.274. The van der Waals surface area contributed by atoms with Gasteiger partial charge in [-0.15, -0.1) is 13.2 Å². The highest BCUT2D eigenvalue weighted by molar-refractivity contribution is 6.03. The Bertz CT molecular complexity index is 1110. The monoisotopic (exact) mass is 385 g/mol. The molecule has 5 nitrogen and oxygen atoms in total. The molecule has 0 saturated heterocycles. The molecule has 1 aromatic heterocycles. The first-order chi connectivity index (χ1) is 13.4. The summed E-state index contributed by atoms with van der Waals surface area (Å²) >= 11 is 0. The summed E-state index contributed by atoms with van der Waals surface area (Å²) in [6.45, 7) is 1.18. The van der Waals surface area contributed by atoms with Gasteiger partial charge in [0.2, 0.25) is 0 Å². The second-order valence-electron chi connectivity index (χ2n) is 6.44. The molecule has 1 N–H and O–H groups in total. The summed E-state index contributed by atoms with van der Waals surface area (Å²) < 4.78 is 43.0. The van der Waals surface area contributed by atoms with Gasteiger partial charge in [0.05, 0.1) is 17.1 Å². The number of aryl methyl sites for hydroxylation is 1. The number of ether oxygens (including phenoxy) is 1. The maximum atomic E-state index is 12.4. The number of aromatic nitrogens is 1. The lowest BCUT2D eigenvalue weighted by Crippen LogP contribution is -2.22. The average Bonchev–Trinajstić information content (AvgIpc) is 2.92. The molecule has 0 aliphatic carbocycles. The number of halogens is 3. The molecule has 0 atom stereocenters. The predicted octanol–water partition coefficient (Wildman–Crippen LogP) is 4.21. The molecular formula is C20H14F3N3O2. The number of rotatable bonds is 2. The first-order valence-corrected chi connectivity index (χ1v) is 8.57. The quantitative estimate of drug-likeness (QED) is 0.719. The molecule has 0 saturated carbocycles. The normalized spacial score (nSPS) is 14.1. The van der Waals surface area contributed by atoms with E-state index >= 15 is 0 Å². The number of fused-ring (bicyclic) bond motifs is 3. The minimum atomic E-state index is -4.76. The van der Waals surface area contributed by atoms with E-state index in [-0.39, 0.29) is 11.7 Å². The third-order valence-electron chi connectivity index (χ3n) is 4.60. The van der Waals surface area contributed by atoms with Crippen LogP contribution in [0.2, 0.25) is 0 Å². The van der Waals surface area contributed by atoms with Crippen LogP contribution in [0.3, 0.4) is 0 Å². The molecule has 1 aliphatic heterocycles. The second-order valence-corrected chi connectivity index (χ2v) is 6.44. The van der Waals surface area contributed by atoms with E-state index in [0.29, 0.717) is 35.5 Å². The van der Waals surface area contributed by atoms with Gasteiger partial charge in [-0.05, 0) is 42.3 Å². The van der Waals surface area contributed by atoms with Crippen LogP contribution in [0, 0.1) is 11.3 Å². The average molecular weight is 385 g/mol. The molecule has 2 aromatic carbocycles. The Labute approximate surface area is 157 Å². The number of nitrogens with one attached hydrogen (secondary N) is 1. The third kappa shape index (κ3) is 3.27. The van der Waals surface area contributed by atoms with Gasteiger partial charge in [-0.1, -0.05) is 12.1 Å². The highest BCUT2D eigenvalue weighted by Crippen LogP contribution is 2.35. The predicted molar refractivity (Wildman–Crippen MR) is 95.7 cm³/mol. The SMILES string of the molecule is N#Cc1cc(-c2ccc(OC(F)(F)F)cc2)c2c(c1)cc1n2CCCNC1=O. The largest absolute Gasteiger partial charge is 0.573 e. The fourth-order valence-corrected chi connectivity index (χ4v) is 3.48. The number of carbonyl (C=O) groups excluding carboxylic acids is 1. The summed E-state index contributed by atoms with van der Waals surface area (Å²) in [5, 5.41) is 12.9. The zero-order valence-electron chi connectivity index (χ0n) is 14.5. The van der Waals surface area contributed by atoms with Gasteiger partial charge < -0.3 is 14.6 Å². The minimum absolute atomic E-state index is 0.188. The fraction of sp³-hybridized carbons (Fsp3) is 0.200. The number of benzene rings is 2. The molecular weight excluding hydrogens is 371 g/mol. The number of alkyl halides is 3. The van der Waals surface area contributed by atoms with E-state index in [0.717, 1.165) is 17.3 Å². The van der Waals surface area contributed by atoms with Crippen molar-refractivity contribution in [2.75, 3.05) is 6.54 Å². The number of hydrogen-bond donors (Lipinski definition) is 1. The molecule has 2 heterocycles. The molecule has 0 bridgehead atoms. The van der Waals surface area contributed by atoms with E-state index in [2.05, 4.69) is 16.1 Å². The summed E-state index contributed by atoms with van der Waals surface area (Å²) in [7, 11) is 0. The highest BCUT2D eigenvalue weighted by Gasteiger charge is 2.31. The van der Waals surface area contributed by atoms with Gasteiger partial charge in [0.15, 0.2) is 0 Å².